The van der Waals surface area contributed by atoms with Crippen molar-refractivity contribution in [2.75, 3.05) is 7.05 Å². The van der Waals surface area contributed by atoms with Gasteiger partial charge in [-0.1, -0.05) is 53.7 Å². The van der Waals surface area contributed by atoms with Gasteiger partial charge in [-0.05, 0) is 23.8 Å². The number of fused-ring (bicyclic) bond motifs is 1. The molecule has 0 aliphatic rings. The van der Waals surface area contributed by atoms with Gasteiger partial charge in [0, 0.05) is 12.1 Å². The number of urea groups is 1. The highest BCUT2D eigenvalue weighted by Crippen LogP contribution is 2.35. The van der Waals surface area contributed by atoms with Crippen LogP contribution < -0.4 is 10.6 Å². The van der Waals surface area contributed by atoms with E-state index in [2.05, 4.69) is 20.6 Å². The molecule has 0 aliphatic heterocycles. The highest BCUT2D eigenvalue weighted by Gasteiger charge is 2.25. The zero-order valence-electron chi connectivity index (χ0n) is 13.2. The second-order valence-electron chi connectivity index (χ2n) is 5.18. The molecule has 0 saturated carbocycles. The number of aromatic nitrogens is 2. The normalized spacial score (nSPS) is 11.9. The number of imide groups is 1. The molecule has 1 atom stereocenters. The van der Waals surface area contributed by atoms with Crippen molar-refractivity contribution >= 4 is 46.3 Å². The average molecular weight is 375 g/mol. The molecular formula is C17H15ClN4O2S. The maximum Gasteiger partial charge on any atom is 0.321 e. The first-order chi connectivity index (χ1) is 12.1. The van der Waals surface area contributed by atoms with Crippen molar-refractivity contribution in [3.05, 3.63) is 59.1 Å². The summed E-state index contributed by atoms with van der Waals surface area (Å²) in [6, 6.07) is 14.0. The highest BCUT2D eigenvalue weighted by molar-refractivity contribution is 8.00. The predicted molar refractivity (Wildman–Crippen MR) is 98.7 cm³/mol. The molecule has 128 valence electrons. The Balaban J connectivity index is 1.90. The second-order valence-corrected chi connectivity index (χ2v) is 6.71. The Morgan fingerprint density at radius 3 is 2.68 bits per heavy atom. The topological polar surface area (TPSA) is 86.9 Å². The molecule has 0 fully saturated rings. The highest BCUT2D eigenvalue weighted by atomic mass is 35.5. The Morgan fingerprint density at radius 1 is 1.20 bits per heavy atom. The number of amides is 3. The van der Waals surface area contributed by atoms with Crippen molar-refractivity contribution in [1.82, 2.24) is 20.6 Å². The number of thioether (sulfide) groups is 1. The molecule has 3 aromatic rings. The molecule has 0 saturated heterocycles. The molecule has 0 unspecified atom stereocenters. The molecule has 3 rings (SSSR count). The van der Waals surface area contributed by atoms with Crippen molar-refractivity contribution in [3.8, 4) is 0 Å². The summed E-state index contributed by atoms with van der Waals surface area (Å²) in [6.45, 7) is 0. The number of hydrogen-bond donors (Lipinski definition) is 3. The number of nitrogens with one attached hydrogen (secondary N) is 3. The lowest BCUT2D eigenvalue weighted by Crippen LogP contribution is -2.39. The van der Waals surface area contributed by atoms with E-state index >= 15 is 0 Å². The number of hydrogen-bond acceptors (Lipinski definition) is 4. The van der Waals surface area contributed by atoms with E-state index in [0.29, 0.717) is 10.2 Å². The summed E-state index contributed by atoms with van der Waals surface area (Å²) in [6.07, 6.45) is 0. The van der Waals surface area contributed by atoms with Crippen LogP contribution in [0.15, 0.2) is 53.7 Å². The van der Waals surface area contributed by atoms with E-state index in [1.807, 2.05) is 30.3 Å². The van der Waals surface area contributed by atoms with Crippen LogP contribution in [0.2, 0.25) is 5.02 Å². The fraction of sp³-hybridized carbons (Fsp3) is 0.118. The number of aromatic amines is 1. The minimum atomic E-state index is -0.630. The summed E-state index contributed by atoms with van der Waals surface area (Å²) >= 11 is 7.22. The van der Waals surface area contributed by atoms with E-state index in [0.717, 1.165) is 16.6 Å². The monoisotopic (exact) mass is 374 g/mol. The van der Waals surface area contributed by atoms with E-state index in [-0.39, 0.29) is 0 Å². The van der Waals surface area contributed by atoms with Gasteiger partial charge in [-0.15, -0.1) is 0 Å². The number of rotatable bonds is 4. The van der Waals surface area contributed by atoms with Gasteiger partial charge in [0.1, 0.15) is 5.25 Å². The van der Waals surface area contributed by atoms with Crippen LogP contribution in [-0.2, 0) is 4.79 Å². The lowest BCUT2D eigenvalue weighted by Gasteiger charge is -2.14. The van der Waals surface area contributed by atoms with E-state index in [4.69, 9.17) is 11.6 Å². The molecule has 0 bridgehead atoms. The standard InChI is InChI=1S/C17H15ClN4O2S/c1-19-16(24)22-15(23)14(10-5-3-2-4-6-10)25-17-20-12-8-7-11(18)9-13(12)21-17/h2-9,14H,1H3,(H,20,21)(H2,19,22,23,24)/t14-/m0/s1. The molecular weight excluding hydrogens is 360 g/mol. The molecule has 0 aliphatic carbocycles. The van der Waals surface area contributed by atoms with E-state index < -0.39 is 17.2 Å². The smallest absolute Gasteiger partial charge is 0.321 e. The summed E-state index contributed by atoms with van der Waals surface area (Å²) in [5, 5.41) is 5.23. The van der Waals surface area contributed by atoms with Gasteiger partial charge in [-0.2, -0.15) is 0 Å². The zero-order valence-corrected chi connectivity index (χ0v) is 14.8. The molecule has 6 nitrogen and oxygen atoms in total. The van der Waals surface area contributed by atoms with Crippen LogP contribution in [0, 0.1) is 0 Å². The fourth-order valence-corrected chi connectivity index (χ4v) is 3.44. The van der Waals surface area contributed by atoms with E-state index in [1.54, 1.807) is 18.2 Å². The number of imidazole rings is 1. The largest absolute Gasteiger partial charge is 0.341 e. The number of nitrogens with zero attached hydrogens (tertiary/aromatic N) is 1. The first-order valence-electron chi connectivity index (χ1n) is 7.46. The van der Waals surface area contributed by atoms with Crippen LogP contribution in [0.1, 0.15) is 10.8 Å². The van der Waals surface area contributed by atoms with Gasteiger partial charge in [-0.3, -0.25) is 10.1 Å². The van der Waals surface area contributed by atoms with Crippen LogP contribution in [0.4, 0.5) is 4.79 Å². The number of carbonyl (C=O) groups excluding carboxylic acids is 2. The Hall–Kier alpha value is -2.51. The second kappa shape index (κ2) is 7.58. The number of halogens is 1. The number of benzene rings is 2. The Morgan fingerprint density at radius 2 is 1.96 bits per heavy atom. The third-order valence-electron chi connectivity index (χ3n) is 3.46. The lowest BCUT2D eigenvalue weighted by atomic mass is 10.1. The molecule has 0 spiro atoms. The summed E-state index contributed by atoms with van der Waals surface area (Å²) in [4.78, 5) is 31.6. The summed E-state index contributed by atoms with van der Waals surface area (Å²) in [5.74, 6) is -0.422. The first-order valence-corrected chi connectivity index (χ1v) is 8.72. The summed E-state index contributed by atoms with van der Waals surface area (Å²) < 4.78 is 0. The molecule has 2 aromatic carbocycles. The van der Waals surface area contributed by atoms with Crippen LogP contribution in [0.5, 0.6) is 0 Å². The van der Waals surface area contributed by atoms with Gasteiger partial charge in [0.25, 0.3) is 0 Å². The minimum Gasteiger partial charge on any atom is -0.341 e. The maximum atomic E-state index is 12.5. The molecule has 1 aromatic heterocycles. The van der Waals surface area contributed by atoms with Gasteiger partial charge < -0.3 is 10.3 Å². The van der Waals surface area contributed by atoms with Crippen molar-refractivity contribution in [3.63, 3.8) is 0 Å². The fourth-order valence-electron chi connectivity index (χ4n) is 2.27. The molecule has 3 amide bonds. The van der Waals surface area contributed by atoms with E-state index in [1.165, 1.54) is 18.8 Å². The van der Waals surface area contributed by atoms with Gasteiger partial charge in [-0.25, -0.2) is 9.78 Å². The predicted octanol–water partition coefficient (Wildman–Crippen LogP) is 3.51. The molecule has 1 heterocycles. The molecule has 25 heavy (non-hydrogen) atoms. The quantitative estimate of drug-likeness (QED) is 0.610. The van der Waals surface area contributed by atoms with Crippen LogP contribution in [0.25, 0.3) is 11.0 Å². The lowest BCUT2D eigenvalue weighted by molar-refractivity contribution is -0.119. The van der Waals surface area contributed by atoms with Crippen molar-refractivity contribution in [1.29, 1.82) is 0 Å². The van der Waals surface area contributed by atoms with Gasteiger partial charge in [0.15, 0.2) is 5.16 Å². The van der Waals surface area contributed by atoms with Gasteiger partial charge in [0.2, 0.25) is 5.91 Å². The molecule has 8 heteroatoms. The van der Waals surface area contributed by atoms with Crippen LogP contribution in [0.3, 0.4) is 0 Å². The average Bonchev–Trinajstić information content (AvgIpc) is 3.01. The molecule has 0 radical (unpaired) electrons. The van der Waals surface area contributed by atoms with Gasteiger partial charge >= 0.3 is 6.03 Å². The SMILES string of the molecule is CNC(=O)NC(=O)[C@@H](Sc1nc2ccc(Cl)cc2[nH]1)c1ccccc1. The maximum absolute atomic E-state index is 12.5. The number of H-pyrrole nitrogens is 1. The Bertz CT molecular complexity index is 913. The summed E-state index contributed by atoms with van der Waals surface area (Å²) in [5.41, 5.74) is 2.31. The third kappa shape index (κ3) is 4.12. The third-order valence-corrected chi connectivity index (χ3v) is 4.83. The number of carbonyl (C=O) groups is 2. The Kier molecular flexibility index (Phi) is 5.25. The van der Waals surface area contributed by atoms with Gasteiger partial charge in [0.05, 0.1) is 11.0 Å². The first kappa shape index (κ1) is 17.3. The summed E-state index contributed by atoms with van der Waals surface area (Å²) in [7, 11) is 1.45. The zero-order chi connectivity index (χ0) is 17.8. The molecule has 3 N–H and O–H groups in total. The van der Waals surface area contributed by atoms with Crippen molar-refractivity contribution in [2.45, 2.75) is 10.4 Å². The Labute approximate surface area is 153 Å². The minimum absolute atomic E-state index is 0.422. The van der Waals surface area contributed by atoms with Crippen LogP contribution in [-0.4, -0.2) is 29.0 Å². The van der Waals surface area contributed by atoms with Crippen molar-refractivity contribution in [2.24, 2.45) is 0 Å². The van der Waals surface area contributed by atoms with E-state index in [9.17, 15) is 9.59 Å². The van der Waals surface area contributed by atoms with Crippen LogP contribution >= 0.6 is 23.4 Å². The van der Waals surface area contributed by atoms with Crippen molar-refractivity contribution < 1.29 is 9.59 Å².